The number of benzene rings is 2. The molecule has 0 fully saturated rings. The van der Waals surface area contributed by atoms with Gasteiger partial charge in [-0.25, -0.2) is 8.42 Å². The second kappa shape index (κ2) is 8.87. The molecule has 7 nitrogen and oxygen atoms in total. The van der Waals surface area contributed by atoms with Gasteiger partial charge in [0.15, 0.2) is 11.5 Å². The molecule has 1 unspecified atom stereocenters. The lowest BCUT2D eigenvalue weighted by atomic mass is 10.1. The van der Waals surface area contributed by atoms with Crippen LogP contribution in [0.2, 0.25) is 0 Å². The zero-order chi connectivity index (χ0) is 21.0. The second-order valence-corrected chi connectivity index (χ2v) is 9.18. The lowest BCUT2D eigenvalue weighted by molar-refractivity contribution is -0.117. The van der Waals surface area contributed by atoms with Gasteiger partial charge in [-0.3, -0.25) is 9.52 Å². The molecule has 0 aromatic heterocycles. The number of hydrogen-bond acceptors (Lipinski definition) is 5. The van der Waals surface area contributed by atoms with Gasteiger partial charge in [-0.15, -0.1) is 0 Å². The van der Waals surface area contributed by atoms with E-state index in [1.165, 1.54) is 6.08 Å². The monoisotopic (exact) mass is 480 g/mol. The standard InChI is InChI=1S/C20H21BrN2O5S/c1-13(16-11-18-19(12-17(16)21)28-10-9-27-18)22-20(24)8-5-14-3-6-15(7-4-14)23-29(2,25)26/h3-8,11-13,23H,9-10H2,1-2H3,(H,22,24)/b8-5+. The molecule has 0 bridgehead atoms. The minimum absolute atomic E-state index is 0.251. The number of carbonyl (C=O) groups excluding carboxylic acids is 1. The van der Waals surface area contributed by atoms with E-state index in [9.17, 15) is 13.2 Å². The summed E-state index contributed by atoms with van der Waals surface area (Å²) in [5, 5.41) is 2.91. The normalized spacial score (nSPS) is 14.4. The van der Waals surface area contributed by atoms with E-state index in [1.54, 1.807) is 30.3 Å². The Morgan fingerprint density at radius 2 is 1.76 bits per heavy atom. The Morgan fingerprint density at radius 3 is 2.38 bits per heavy atom. The van der Waals surface area contributed by atoms with E-state index in [4.69, 9.17) is 9.47 Å². The van der Waals surface area contributed by atoms with Crippen LogP contribution in [0.3, 0.4) is 0 Å². The van der Waals surface area contributed by atoms with Crippen molar-refractivity contribution in [3.8, 4) is 11.5 Å². The minimum atomic E-state index is -3.32. The van der Waals surface area contributed by atoms with Gasteiger partial charge in [0.2, 0.25) is 15.9 Å². The van der Waals surface area contributed by atoms with E-state index >= 15 is 0 Å². The number of carbonyl (C=O) groups is 1. The summed E-state index contributed by atoms with van der Waals surface area (Å²) >= 11 is 3.52. The zero-order valence-corrected chi connectivity index (χ0v) is 18.3. The topological polar surface area (TPSA) is 93.7 Å². The molecule has 29 heavy (non-hydrogen) atoms. The van der Waals surface area contributed by atoms with Crippen molar-refractivity contribution in [3.05, 3.63) is 58.1 Å². The van der Waals surface area contributed by atoms with Gasteiger partial charge >= 0.3 is 0 Å². The van der Waals surface area contributed by atoms with Crippen molar-refractivity contribution >= 4 is 43.6 Å². The summed E-state index contributed by atoms with van der Waals surface area (Å²) < 4.78 is 36.8. The number of hydrogen-bond donors (Lipinski definition) is 2. The van der Waals surface area contributed by atoms with Crippen molar-refractivity contribution in [2.24, 2.45) is 0 Å². The first kappa shape index (κ1) is 21.2. The van der Waals surface area contributed by atoms with Crippen LogP contribution in [-0.2, 0) is 14.8 Å². The van der Waals surface area contributed by atoms with Crippen molar-refractivity contribution in [3.63, 3.8) is 0 Å². The van der Waals surface area contributed by atoms with Crippen LogP contribution in [0.1, 0.15) is 24.1 Å². The molecule has 2 aromatic rings. The number of sulfonamides is 1. The highest BCUT2D eigenvalue weighted by atomic mass is 79.9. The van der Waals surface area contributed by atoms with Crippen LogP contribution >= 0.6 is 15.9 Å². The molecule has 1 aliphatic rings. The third-order valence-corrected chi connectivity index (χ3v) is 5.42. The summed E-state index contributed by atoms with van der Waals surface area (Å²) in [6.45, 7) is 2.89. The molecule has 9 heteroatoms. The molecule has 2 aromatic carbocycles. The minimum Gasteiger partial charge on any atom is -0.486 e. The summed E-state index contributed by atoms with van der Waals surface area (Å²) in [5.74, 6) is 1.09. The molecule has 3 rings (SSSR count). The third kappa shape index (κ3) is 5.98. The first-order valence-electron chi connectivity index (χ1n) is 8.87. The lowest BCUT2D eigenvalue weighted by Crippen LogP contribution is -2.25. The number of amides is 1. The Morgan fingerprint density at radius 1 is 1.14 bits per heavy atom. The maximum atomic E-state index is 12.3. The fraction of sp³-hybridized carbons (Fsp3) is 0.250. The van der Waals surface area contributed by atoms with Gasteiger partial charge in [0.05, 0.1) is 12.3 Å². The maximum Gasteiger partial charge on any atom is 0.244 e. The molecule has 0 saturated heterocycles. The number of fused-ring (bicyclic) bond motifs is 1. The Hall–Kier alpha value is -2.52. The molecule has 1 amide bonds. The van der Waals surface area contributed by atoms with E-state index in [1.807, 2.05) is 19.1 Å². The molecule has 0 spiro atoms. The highest BCUT2D eigenvalue weighted by molar-refractivity contribution is 9.10. The smallest absolute Gasteiger partial charge is 0.244 e. The molecule has 154 valence electrons. The molecule has 1 atom stereocenters. The van der Waals surface area contributed by atoms with Gasteiger partial charge in [0, 0.05) is 16.2 Å². The van der Waals surface area contributed by atoms with E-state index in [2.05, 4.69) is 26.0 Å². The van der Waals surface area contributed by atoms with Crippen LogP contribution in [0.25, 0.3) is 6.08 Å². The van der Waals surface area contributed by atoms with Crippen LogP contribution in [-0.4, -0.2) is 33.8 Å². The molecular formula is C20H21BrN2O5S. The summed E-state index contributed by atoms with van der Waals surface area (Å²) in [4.78, 5) is 12.3. The summed E-state index contributed by atoms with van der Waals surface area (Å²) in [7, 11) is -3.32. The van der Waals surface area contributed by atoms with Crippen LogP contribution < -0.4 is 19.5 Å². The van der Waals surface area contributed by atoms with Gasteiger partial charge in [-0.05, 0) is 48.4 Å². The Kier molecular flexibility index (Phi) is 6.49. The quantitative estimate of drug-likeness (QED) is 0.617. The van der Waals surface area contributed by atoms with Crippen LogP contribution in [0.5, 0.6) is 11.5 Å². The summed E-state index contributed by atoms with van der Waals surface area (Å²) in [5.41, 5.74) is 2.12. The van der Waals surface area contributed by atoms with Crippen molar-refractivity contribution in [1.29, 1.82) is 0 Å². The van der Waals surface area contributed by atoms with Crippen LogP contribution in [0.15, 0.2) is 46.9 Å². The van der Waals surface area contributed by atoms with Crippen molar-refractivity contribution in [2.45, 2.75) is 13.0 Å². The lowest BCUT2D eigenvalue weighted by Gasteiger charge is -2.22. The van der Waals surface area contributed by atoms with Crippen molar-refractivity contribution in [2.75, 3.05) is 24.2 Å². The number of halogens is 1. The van der Waals surface area contributed by atoms with Gasteiger partial charge < -0.3 is 14.8 Å². The number of rotatable bonds is 6. The second-order valence-electron chi connectivity index (χ2n) is 6.58. The SMILES string of the molecule is CC(NC(=O)/C=C/c1ccc(NS(C)(=O)=O)cc1)c1cc2c(cc1Br)OCCO2. The Balaban J connectivity index is 1.63. The fourth-order valence-corrected chi connectivity index (χ4v) is 4.03. The molecular weight excluding hydrogens is 460 g/mol. The third-order valence-electron chi connectivity index (χ3n) is 4.13. The summed E-state index contributed by atoms with van der Waals surface area (Å²) in [6, 6.07) is 10.2. The average molecular weight is 481 g/mol. The molecule has 2 N–H and O–H groups in total. The predicted molar refractivity (Wildman–Crippen MR) is 116 cm³/mol. The maximum absolute atomic E-state index is 12.3. The molecule has 0 aliphatic carbocycles. The van der Waals surface area contributed by atoms with E-state index in [0.29, 0.717) is 30.4 Å². The van der Waals surface area contributed by atoms with E-state index in [-0.39, 0.29) is 11.9 Å². The van der Waals surface area contributed by atoms with Gasteiger partial charge in [0.25, 0.3) is 0 Å². The largest absolute Gasteiger partial charge is 0.486 e. The number of ether oxygens (including phenoxy) is 2. The van der Waals surface area contributed by atoms with E-state index in [0.717, 1.165) is 21.9 Å². The van der Waals surface area contributed by atoms with Gasteiger partial charge in [0.1, 0.15) is 13.2 Å². The number of anilines is 1. The highest BCUT2D eigenvalue weighted by Crippen LogP contribution is 2.37. The molecule has 0 radical (unpaired) electrons. The zero-order valence-electron chi connectivity index (χ0n) is 15.9. The molecule has 0 saturated carbocycles. The first-order valence-corrected chi connectivity index (χ1v) is 11.6. The highest BCUT2D eigenvalue weighted by Gasteiger charge is 2.18. The average Bonchev–Trinajstić information content (AvgIpc) is 2.65. The van der Waals surface area contributed by atoms with E-state index < -0.39 is 10.0 Å². The van der Waals surface area contributed by atoms with Crippen molar-refractivity contribution < 1.29 is 22.7 Å². The van der Waals surface area contributed by atoms with Crippen LogP contribution in [0.4, 0.5) is 5.69 Å². The fourth-order valence-electron chi connectivity index (χ4n) is 2.80. The van der Waals surface area contributed by atoms with Gasteiger partial charge in [-0.2, -0.15) is 0 Å². The number of nitrogens with one attached hydrogen (secondary N) is 2. The first-order chi connectivity index (χ1) is 13.7. The predicted octanol–water partition coefficient (Wildman–Crippen LogP) is 3.48. The Bertz CT molecular complexity index is 1040. The molecule has 1 heterocycles. The van der Waals surface area contributed by atoms with Crippen molar-refractivity contribution in [1.82, 2.24) is 5.32 Å². The Labute approximate surface area is 178 Å². The van der Waals surface area contributed by atoms with Crippen LogP contribution in [0, 0.1) is 0 Å². The summed E-state index contributed by atoms with van der Waals surface area (Å²) in [6.07, 6.45) is 4.18. The van der Waals surface area contributed by atoms with Gasteiger partial charge in [-0.1, -0.05) is 28.1 Å². The molecule has 1 aliphatic heterocycles.